The lowest BCUT2D eigenvalue weighted by Gasteiger charge is -2.47. The van der Waals surface area contributed by atoms with Crippen molar-refractivity contribution in [2.24, 2.45) is 10.9 Å². The van der Waals surface area contributed by atoms with Crippen molar-refractivity contribution in [1.29, 1.82) is 0 Å². The van der Waals surface area contributed by atoms with E-state index >= 15 is 0 Å². The van der Waals surface area contributed by atoms with E-state index in [4.69, 9.17) is 0 Å². The molecule has 5 nitrogen and oxygen atoms in total. The first-order valence-electron chi connectivity index (χ1n) is 7.67. The van der Waals surface area contributed by atoms with Crippen LogP contribution in [0, 0.1) is 5.92 Å². The van der Waals surface area contributed by atoms with Crippen LogP contribution in [0.4, 0.5) is 0 Å². The van der Waals surface area contributed by atoms with Crippen LogP contribution in [0.15, 0.2) is 4.99 Å². The maximum Gasteiger partial charge on any atom is 0.191 e. The van der Waals surface area contributed by atoms with E-state index in [9.17, 15) is 0 Å². The van der Waals surface area contributed by atoms with E-state index in [1.807, 2.05) is 0 Å². The zero-order valence-corrected chi connectivity index (χ0v) is 15.4. The zero-order valence-electron chi connectivity index (χ0n) is 13.1. The third-order valence-electron chi connectivity index (χ3n) is 3.86. The summed E-state index contributed by atoms with van der Waals surface area (Å²) in [7, 11) is 0. The van der Waals surface area contributed by atoms with Gasteiger partial charge in [0.25, 0.3) is 0 Å². The molecule has 0 saturated carbocycles. The Morgan fingerprint density at radius 3 is 2.40 bits per heavy atom. The van der Waals surface area contributed by atoms with E-state index in [0.717, 1.165) is 25.6 Å². The van der Waals surface area contributed by atoms with Gasteiger partial charge in [0.2, 0.25) is 0 Å². The molecule has 0 aromatic rings. The van der Waals surface area contributed by atoms with Gasteiger partial charge in [0.15, 0.2) is 5.96 Å². The van der Waals surface area contributed by atoms with Crippen molar-refractivity contribution in [2.45, 2.75) is 26.8 Å². The minimum Gasteiger partial charge on any atom is -0.357 e. The van der Waals surface area contributed by atoms with Gasteiger partial charge in [-0.25, -0.2) is 0 Å². The molecule has 3 heterocycles. The van der Waals surface area contributed by atoms with Gasteiger partial charge in [0, 0.05) is 58.4 Å². The lowest BCUT2D eigenvalue weighted by Crippen LogP contribution is -2.63. The van der Waals surface area contributed by atoms with Crippen molar-refractivity contribution < 1.29 is 0 Å². The number of nitrogens with one attached hydrogen (secondary N) is 2. The molecule has 0 amide bonds. The predicted molar refractivity (Wildman–Crippen MR) is 96.0 cm³/mol. The highest BCUT2D eigenvalue weighted by molar-refractivity contribution is 14.0. The van der Waals surface area contributed by atoms with Gasteiger partial charge < -0.3 is 10.6 Å². The number of nitrogens with zero attached hydrogens (tertiary/aromatic N) is 3. The summed E-state index contributed by atoms with van der Waals surface area (Å²) < 4.78 is 0. The number of fused-ring (bicyclic) bond motifs is 3. The molecule has 20 heavy (non-hydrogen) atoms. The molecule has 0 radical (unpaired) electrons. The number of halogens is 1. The summed E-state index contributed by atoms with van der Waals surface area (Å²) >= 11 is 0. The molecule has 0 aromatic heterocycles. The normalized spacial score (nSPS) is 29.2. The Balaban J connectivity index is 0.00000200. The standard InChI is InChI=1S/C14H29N5.HI/c1-4-15-14(16-9-12(2)3)17-10-13-11-18-5-7-19(13)8-6-18;/h12-13H,4-11H2,1-3H3,(H2,15,16,17);1H. The van der Waals surface area contributed by atoms with Crippen LogP contribution in [0.5, 0.6) is 0 Å². The fourth-order valence-electron chi connectivity index (χ4n) is 2.75. The molecule has 2 N–H and O–H groups in total. The highest BCUT2D eigenvalue weighted by Crippen LogP contribution is 2.14. The molecule has 0 aliphatic carbocycles. The third-order valence-corrected chi connectivity index (χ3v) is 3.86. The molecule has 2 bridgehead atoms. The second kappa shape index (κ2) is 9.04. The summed E-state index contributed by atoms with van der Waals surface area (Å²) in [5.74, 6) is 1.57. The second-order valence-corrected chi connectivity index (χ2v) is 5.98. The molecular weight excluding hydrogens is 365 g/mol. The van der Waals surface area contributed by atoms with E-state index in [0.29, 0.717) is 12.0 Å². The Morgan fingerprint density at radius 1 is 1.20 bits per heavy atom. The molecule has 3 rings (SSSR count). The molecule has 118 valence electrons. The van der Waals surface area contributed by atoms with E-state index in [1.54, 1.807) is 0 Å². The highest BCUT2D eigenvalue weighted by atomic mass is 127. The monoisotopic (exact) mass is 395 g/mol. The number of hydrogen-bond donors (Lipinski definition) is 2. The van der Waals surface area contributed by atoms with Gasteiger partial charge in [-0.15, -0.1) is 24.0 Å². The van der Waals surface area contributed by atoms with E-state index in [-0.39, 0.29) is 24.0 Å². The first kappa shape index (κ1) is 18.0. The average Bonchev–Trinajstić information content (AvgIpc) is 2.43. The Kier molecular flexibility index (Phi) is 8.13. The molecule has 1 unspecified atom stereocenters. The first-order valence-corrected chi connectivity index (χ1v) is 7.67. The maximum atomic E-state index is 4.62. The smallest absolute Gasteiger partial charge is 0.191 e. The number of aliphatic imine (C=N–C) groups is 1. The van der Waals surface area contributed by atoms with Crippen molar-refractivity contribution in [3.8, 4) is 0 Å². The van der Waals surface area contributed by atoms with Gasteiger partial charge >= 0.3 is 0 Å². The summed E-state index contributed by atoms with van der Waals surface area (Å²) in [6.45, 7) is 15.5. The lowest BCUT2D eigenvalue weighted by molar-refractivity contribution is 0.0154. The van der Waals surface area contributed by atoms with Gasteiger partial charge in [-0.05, 0) is 12.8 Å². The van der Waals surface area contributed by atoms with Crippen LogP contribution in [-0.4, -0.2) is 74.2 Å². The molecule has 0 spiro atoms. The Bertz CT molecular complexity index is 300. The summed E-state index contributed by atoms with van der Waals surface area (Å²) in [5, 5.41) is 6.83. The van der Waals surface area contributed by atoms with Gasteiger partial charge in [-0.2, -0.15) is 0 Å². The van der Waals surface area contributed by atoms with Crippen molar-refractivity contribution in [1.82, 2.24) is 20.4 Å². The van der Waals surface area contributed by atoms with Crippen LogP contribution in [0.2, 0.25) is 0 Å². The Morgan fingerprint density at radius 2 is 1.90 bits per heavy atom. The summed E-state index contributed by atoms with van der Waals surface area (Å²) in [5.41, 5.74) is 0. The molecule has 1 atom stereocenters. The molecule has 3 aliphatic heterocycles. The van der Waals surface area contributed by atoms with Crippen LogP contribution in [0.1, 0.15) is 20.8 Å². The number of hydrogen-bond acceptors (Lipinski definition) is 3. The van der Waals surface area contributed by atoms with Gasteiger partial charge in [0.1, 0.15) is 0 Å². The van der Waals surface area contributed by atoms with E-state index in [1.165, 1.54) is 32.7 Å². The van der Waals surface area contributed by atoms with Gasteiger partial charge in [-0.1, -0.05) is 13.8 Å². The van der Waals surface area contributed by atoms with Crippen molar-refractivity contribution in [3.63, 3.8) is 0 Å². The largest absolute Gasteiger partial charge is 0.357 e. The quantitative estimate of drug-likeness (QED) is 0.411. The zero-order chi connectivity index (χ0) is 13.7. The maximum absolute atomic E-state index is 4.62. The van der Waals surface area contributed by atoms with Crippen LogP contribution in [0.25, 0.3) is 0 Å². The molecular formula is C14H30IN5. The van der Waals surface area contributed by atoms with Crippen molar-refractivity contribution in [2.75, 3.05) is 52.4 Å². The first-order chi connectivity index (χ1) is 9.19. The number of guanidine groups is 1. The molecule has 6 heteroatoms. The number of rotatable bonds is 5. The van der Waals surface area contributed by atoms with Crippen LogP contribution >= 0.6 is 24.0 Å². The van der Waals surface area contributed by atoms with Crippen LogP contribution < -0.4 is 10.6 Å². The number of piperazine rings is 3. The topological polar surface area (TPSA) is 42.9 Å². The van der Waals surface area contributed by atoms with Crippen LogP contribution in [-0.2, 0) is 0 Å². The Hall–Kier alpha value is -0.0800. The van der Waals surface area contributed by atoms with E-state index in [2.05, 4.69) is 46.2 Å². The Labute approximate surface area is 140 Å². The van der Waals surface area contributed by atoms with E-state index < -0.39 is 0 Å². The van der Waals surface area contributed by atoms with Crippen molar-refractivity contribution in [3.05, 3.63) is 0 Å². The van der Waals surface area contributed by atoms with Crippen molar-refractivity contribution >= 4 is 29.9 Å². The molecule has 3 aliphatic rings. The van der Waals surface area contributed by atoms with Crippen LogP contribution in [0.3, 0.4) is 0 Å². The minimum atomic E-state index is 0. The summed E-state index contributed by atoms with van der Waals surface area (Å²) in [6, 6.07) is 0.644. The lowest BCUT2D eigenvalue weighted by atomic mass is 10.1. The molecule has 0 aromatic carbocycles. The average molecular weight is 395 g/mol. The second-order valence-electron chi connectivity index (χ2n) is 5.98. The SMILES string of the molecule is CCNC(=NCC(C)C)NCC1CN2CCN1CC2.I. The highest BCUT2D eigenvalue weighted by Gasteiger charge is 2.31. The molecule has 3 fully saturated rings. The van der Waals surface area contributed by atoms with Gasteiger partial charge in [0.05, 0.1) is 0 Å². The summed E-state index contributed by atoms with van der Waals surface area (Å²) in [6.07, 6.45) is 0. The fourth-order valence-corrected chi connectivity index (χ4v) is 2.75. The predicted octanol–water partition coefficient (Wildman–Crippen LogP) is 0.815. The minimum absolute atomic E-state index is 0. The fraction of sp³-hybridized carbons (Fsp3) is 0.929. The molecule has 3 saturated heterocycles. The summed E-state index contributed by atoms with van der Waals surface area (Å²) in [4.78, 5) is 9.81. The van der Waals surface area contributed by atoms with Gasteiger partial charge in [-0.3, -0.25) is 14.8 Å². The third kappa shape index (κ3) is 5.37.